The molecule has 0 bridgehead atoms. The van der Waals surface area contributed by atoms with Gasteiger partial charge in [0.2, 0.25) is 0 Å². The Morgan fingerprint density at radius 2 is 0.421 bits per heavy atom. The van der Waals surface area contributed by atoms with Crippen LogP contribution in [-0.2, 0) is 14.1 Å². The molecule has 0 unspecified atom stereocenters. The van der Waals surface area contributed by atoms with E-state index < -0.39 is 0 Å². The summed E-state index contributed by atoms with van der Waals surface area (Å²) in [5.41, 5.74) is 32.2. The predicted octanol–water partition coefficient (Wildman–Crippen LogP) is 35.6. The van der Waals surface area contributed by atoms with Crippen LogP contribution < -0.4 is 0 Å². The SMILES string of the molecule is Cc1cccc(-n2c3ccccc3c3c4c5ccccc5n(-c5ccc(-c6ccccc6)cc5)c4ccc32)c1.Cc1cccc(-n2c3ccccc3c3c4c5ccccc5n(-c5ccccc5)c4ccc32)c1.Cn1c2ccccc2c2c3c4ccccc4n(-c4ccc5sc6ccccc6c5c4)c3ccc21.Cn1c2ccccc2c2c3c4ccccc4n(-c4cccc5c4sc4ccccc45)c3ccc21. The summed E-state index contributed by atoms with van der Waals surface area (Å²) in [5.74, 6) is 0. The predicted molar refractivity (Wildman–Crippen MR) is 600 cm³/mol. The van der Waals surface area contributed by atoms with Crippen molar-refractivity contribution in [1.29, 1.82) is 0 Å². The Hall–Kier alpha value is -17.5. The first-order valence-electron chi connectivity index (χ1n) is 48.1. The lowest BCUT2D eigenvalue weighted by Crippen LogP contribution is -1.95. The molecule has 0 fully saturated rings. The van der Waals surface area contributed by atoms with E-state index >= 15 is 0 Å². The van der Waals surface area contributed by atoms with Crippen LogP contribution in [0.2, 0.25) is 0 Å². The van der Waals surface area contributed by atoms with E-state index in [9.17, 15) is 0 Å². The lowest BCUT2D eigenvalue weighted by atomic mass is 10.1. The first-order valence-corrected chi connectivity index (χ1v) is 49.7. The van der Waals surface area contributed by atoms with Crippen LogP contribution in [0.25, 0.3) is 260 Å². The maximum atomic E-state index is 2.48. The van der Waals surface area contributed by atoms with Crippen LogP contribution in [0.4, 0.5) is 0 Å². The van der Waals surface area contributed by atoms with Crippen LogP contribution in [0.1, 0.15) is 11.1 Å². The molecule has 10 aromatic heterocycles. The van der Waals surface area contributed by atoms with Gasteiger partial charge in [-0.15, -0.1) is 22.7 Å². The van der Waals surface area contributed by atoms with E-state index in [1.165, 1.54) is 271 Å². The summed E-state index contributed by atoms with van der Waals surface area (Å²) in [7, 11) is 4.35. The van der Waals surface area contributed by atoms with E-state index in [0.29, 0.717) is 0 Å². The number of aryl methyl sites for hydroxylation is 4. The summed E-state index contributed by atoms with van der Waals surface area (Å²) in [4.78, 5) is 0. The molecule has 0 spiro atoms. The minimum absolute atomic E-state index is 1.17. The first kappa shape index (κ1) is 80.9. The van der Waals surface area contributed by atoms with Gasteiger partial charge in [0.15, 0.2) is 0 Å². The highest BCUT2D eigenvalue weighted by molar-refractivity contribution is 7.26. The lowest BCUT2D eigenvalue weighted by Gasteiger charge is -2.10. The van der Waals surface area contributed by atoms with Gasteiger partial charge >= 0.3 is 0 Å². The van der Waals surface area contributed by atoms with E-state index in [1.54, 1.807) is 0 Å². The van der Waals surface area contributed by atoms with Gasteiger partial charge in [-0.3, -0.25) is 0 Å². The Labute approximate surface area is 813 Å². The van der Waals surface area contributed by atoms with Crippen LogP contribution in [-0.4, -0.2) is 36.5 Å². The Bertz CT molecular complexity index is 10500. The summed E-state index contributed by atoms with van der Waals surface area (Å²) in [5, 5.41) is 26.3. The maximum absolute atomic E-state index is 2.48. The number of hydrogen-bond acceptors (Lipinski definition) is 2. The molecule has 21 aromatic carbocycles. The number of fused-ring (bicyclic) bond motifs is 34. The Kier molecular flexibility index (Phi) is 18.5. The second-order valence-corrected chi connectivity index (χ2v) is 39.3. The van der Waals surface area contributed by atoms with Crippen LogP contribution in [0, 0.1) is 13.8 Å². The van der Waals surface area contributed by atoms with Crippen LogP contribution >= 0.6 is 22.7 Å². The summed E-state index contributed by atoms with van der Waals surface area (Å²) in [6.45, 7) is 4.31. The van der Waals surface area contributed by atoms with Crippen LogP contribution in [0.15, 0.2) is 461 Å². The monoisotopic (exact) mass is 1820 g/mol. The molecule has 140 heavy (non-hydrogen) atoms. The Morgan fingerprint density at radius 1 is 0.157 bits per heavy atom. The highest BCUT2D eigenvalue weighted by Crippen LogP contribution is 2.50. The fourth-order valence-electron chi connectivity index (χ4n) is 23.4. The highest BCUT2D eigenvalue weighted by atomic mass is 32.1. The third-order valence-electron chi connectivity index (χ3n) is 29.4. The zero-order valence-electron chi connectivity index (χ0n) is 77.3. The van der Waals surface area contributed by atoms with Crippen molar-refractivity contribution in [1.82, 2.24) is 36.5 Å². The quantitative estimate of drug-likeness (QED) is 0.153. The summed E-state index contributed by atoms with van der Waals surface area (Å²) in [6.07, 6.45) is 0. The van der Waals surface area contributed by atoms with Gasteiger partial charge in [-0.1, -0.05) is 279 Å². The molecule has 0 N–H and O–H groups in total. The fraction of sp³-hybridized carbons (Fsp3) is 0.0308. The van der Waals surface area contributed by atoms with Gasteiger partial charge in [-0.2, -0.15) is 0 Å². The summed E-state index contributed by atoms with van der Waals surface area (Å²) in [6, 6.07) is 168. The molecule has 0 aliphatic rings. The van der Waals surface area contributed by atoms with E-state index in [-0.39, 0.29) is 0 Å². The number of aromatic nitrogens is 8. The molecule has 660 valence electrons. The van der Waals surface area contributed by atoms with Gasteiger partial charge < -0.3 is 36.5 Å². The second kappa shape index (κ2) is 32.1. The molecule has 31 aromatic rings. The van der Waals surface area contributed by atoms with Crippen molar-refractivity contribution in [3.63, 3.8) is 0 Å². The molecular weight excluding hydrogens is 1740 g/mol. The second-order valence-electron chi connectivity index (χ2n) is 37.1. The van der Waals surface area contributed by atoms with Crippen molar-refractivity contribution in [2.75, 3.05) is 0 Å². The molecular formula is C130H88N8S2. The van der Waals surface area contributed by atoms with Crippen molar-refractivity contribution in [2.45, 2.75) is 13.8 Å². The topological polar surface area (TPSA) is 39.4 Å². The standard InChI is InChI=1S/C37H26N2.2C31H20N2S.C31H22N2/c1-25-10-9-13-29(24-25)39-33-17-8-6-15-31(33)37-35(39)23-22-34-36(37)30-14-5-7-16-32(30)38(34)28-20-18-27(19-21-28)26-11-3-2-4-12-26;1-32-23-13-5-2-10-21(23)29-25(32)17-18-26-30(29)22-11-3-6-14-24(22)33(26)27-15-8-12-20-19-9-4-7-16-28(19)34-31(20)27;1-32-24-11-5-2-9-21(24)30-26(32)15-16-27-31(30)22-10-3-6-12-25(22)33(27)19-14-17-29-23(18-19)20-8-4-7-13-28(20)34-29;1-21-10-9-13-23(20-21)33-27-17-8-6-15-25(27)31-29(33)19-18-28-30(31)24-14-5-7-16-26(24)32(28)22-11-3-2-4-12-22/h2-24H,1H3;2*2-18H,1H3;2-20H,1H3. The highest BCUT2D eigenvalue weighted by Gasteiger charge is 2.27. The zero-order valence-corrected chi connectivity index (χ0v) is 78.9. The lowest BCUT2D eigenvalue weighted by molar-refractivity contribution is 1.01. The van der Waals surface area contributed by atoms with Crippen molar-refractivity contribution < 1.29 is 0 Å². The molecule has 0 atom stereocenters. The van der Waals surface area contributed by atoms with E-state index in [4.69, 9.17) is 0 Å². The maximum Gasteiger partial charge on any atom is 0.0640 e. The Balaban J connectivity index is 0.0000000918. The van der Waals surface area contributed by atoms with E-state index in [2.05, 4.69) is 526 Å². The van der Waals surface area contributed by atoms with Crippen LogP contribution in [0.5, 0.6) is 0 Å². The Morgan fingerprint density at radius 3 is 0.836 bits per heavy atom. The number of benzene rings is 21. The molecule has 0 saturated carbocycles. The number of para-hydroxylation sites is 9. The van der Waals surface area contributed by atoms with Gasteiger partial charge in [-0.05, 0) is 218 Å². The number of nitrogens with zero attached hydrogens (tertiary/aromatic N) is 8. The van der Waals surface area contributed by atoms with Crippen molar-refractivity contribution >= 4 is 237 Å². The summed E-state index contributed by atoms with van der Waals surface area (Å²) < 4.78 is 24.5. The molecule has 0 aliphatic heterocycles. The first-order chi connectivity index (χ1) is 69.2. The van der Waals surface area contributed by atoms with Gasteiger partial charge in [0.05, 0.1) is 76.6 Å². The van der Waals surface area contributed by atoms with Gasteiger partial charge in [-0.25, -0.2) is 0 Å². The van der Waals surface area contributed by atoms with Crippen molar-refractivity contribution in [3.05, 3.63) is 472 Å². The van der Waals surface area contributed by atoms with Crippen LogP contribution in [0.3, 0.4) is 0 Å². The summed E-state index contributed by atoms with van der Waals surface area (Å²) >= 11 is 3.76. The molecule has 10 heteroatoms. The smallest absolute Gasteiger partial charge is 0.0640 e. The molecule has 0 radical (unpaired) electrons. The van der Waals surface area contributed by atoms with E-state index in [1.807, 2.05) is 22.7 Å². The minimum Gasteiger partial charge on any atom is -0.344 e. The largest absolute Gasteiger partial charge is 0.344 e. The van der Waals surface area contributed by atoms with Gasteiger partial charge in [0.25, 0.3) is 0 Å². The third-order valence-corrected chi connectivity index (χ3v) is 31.7. The van der Waals surface area contributed by atoms with Gasteiger partial charge in [0, 0.05) is 186 Å². The normalized spacial score (nSPS) is 12.0. The molecule has 0 amide bonds. The minimum atomic E-state index is 1.17. The zero-order chi connectivity index (χ0) is 92.6. The van der Waals surface area contributed by atoms with Gasteiger partial charge in [0.1, 0.15) is 0 Å². The number of thiophene rings is 2. The average Bonchev–Trinajstić information content (AvgIpc) is 1.58. The van der Waals surface area contributed by atoms with E-state index in [0.717, 1.165) is 0 Å². The molecule has 0 saturated heterocycles. The van der Waals surface area contributed by atoms with Crippen molar-refractivity contribution in [2.24, 2.45) is 14.1 Å². The molecule has 10 heterocycles. The number of hydrogen-bond donors (Lipinski definition) is 0. The molecule has 31 rings (SSSR count). The average molecular weight is 1830 g/mol. The third kappa shape index (κ3) is 12.3. The fourth-order valence-corrected chi connectivity index (χ4v) is 25.7. The van der Waals surface area contributed by atoms with Crippen molar-refractivity contribution in [3.8, 4) is 45.3 Å². The number of rotatable bonds is 7. The molecule has 8 nitrogen and oxygen atoms in total. The molecule has 0 aliphatic carbocycles.